The minimum atomic E-state index is -0.225. The van der Waals surface area contributed by atoms with Gasteiger partial charge in [-0.05, 0) is 49.4 Å². The monoisotopic (exact) mass is 433 g/mol. The largest absolute Gasteiger partial charge is 0.493 e. The number of methoxy groups -OCH3 is 2. The van der Waals surface area contributed by atoms with Gasteiger partial charge in [0.15, 0.2) is 11.5 Å². The summed E-state index contributed by atoms with van der Waals surface area (Å²) in [6, 6.07) is 14.4. The van der Waals surface area contributed by atoms with Crippen LogP contribution in [-0.4, -0.2) is 49.6 Å². The van der Waals surface area contributed by atoms with E-state index in [4.69, 9.17) is 9.47 Å². The van der Waals surface area contributed by atoms with Gasteiger partial charge in [0.05, 0.1) is 19.6 Å². The summed E-state index contributed by atoms with van der Waals surface area (Å²) >= 11 is 0. The maximum atomic E-state index is 13.7. The average Bonchev–Trinajstić information content (AvgIpc) is 3.25. The molecule has 3 aromatic rings. The van der Waals surface area contributed by atoms with Crippen LogP contribution in [0.4, 0.5) is 5.69 Å². The zero-order valence-electron chi connectivity index (χ0n) is 18.9. The summed E-state index contributed by atoms with van der Waals surface area (Å²) in [5.41, 5.74) is 3.23. The van der Waals surface area contributed by atoms with Crippen molar-refractivity contribution in [2.24, 2.45) is 5.41 Å². The lowest BCUT2D eigenvalue weighted by Crippen LogP contribution is -2.53. The van der Waals surface area contributed by atoms with Gasteiger partial charge in [0.25, 0.3) is 0 Å². The molecule has 2 aromatic carbocycles. The third-order valence-electron chi connectivity index (χ3n) is 7.31. The molecular formula is C26H31N3O3. The SMILES string of the molecule is COc1ccc(N2CCC3(CCCN(Cc4c[nH]c5ccccc45)C3=O)CC2)cc1OC. The van der Waals surface area contributed by atoms with Crippen molar-refractivity contribution in [3.05, 3.63) is 54.2 Å². The first-order valence-electron chi connectivity index (χ1n) is 11.4. The lowest BCUT2D eigenvalue weighted by atomic mass is 9.71. The highest BCUT2D eigenvalue weighted by molar-refractivity contribution is 5.86. The zero-order valence-corrected chi connectivity index (χ0v) is 18.9. The number of aromatic nitrogens is 1. The van der Waals surface area contributed by atoms with Crippen molar-refractivity contribution in [2.75, 3.05) is 38.8 Å². The van der Waals surface area contributed by atoms with Gasteiger partial charge in [-0.3, -0.25) is 4.79 Å². The zero-order chi connectivity index (χ0) is 22.1. The van der Waals surface area contributed by atoms with E-state index in [1.165, 1.54) is 10.9 Å². The first-order valence-corrected chi connectivity index (χ1v) is 11.4. The Balaban J connectivity index is 1.29. The number of aromatic amines is 1. The fraction of sp³-hybridized carbons (Fsp3) is 0.423. The fourth-order valence-electron chi connectivity index (χ4n) is 5.45. The van der Waals surface area contributed by atoms with Gasteiger partial charge in [-0.1, -0.05) is 18.2 Å². The molecule has 32 heavy (non-hydrogen) atoms. The van der Waals surface area contributed by atoms with Gasteiger partial charge in [0, 0.05) is 55.0 Å². The number of hydrogen-bond acceptors (Lipinski definition) is 4. The number of anilines is 1. The fourth-order valence-corrected chi connectivity index (χ4v) is 5.45. The van der Waals surface area contributed by atoms with Gasteiger partial charge in [-0.2, -0.15) is 0 Å². The highest BCUT2D eigenvalue weighted by atomic mass is 16.5. The summed E-state index contributed by atoms with van der Waals surface area (Å²) in [5, 5.41) is 1.21. The van der Waals surface area contributed by atoms with Crippen molar-refractivity contribution in [3.63, 3.8) is 0 Å². The van der Waals surface area contributed by atoms with Crippen molar-refractivity contribution in [3.8, 4) is 11.5 Å². The Hall–Kier alpha value is -3.15. The van der Waals surface area contributed by atoms with Crippen LogP contribution in [0.25, 0.3) is 10.9 Å². The van der Waals surface area contributed by atoms with Gasteiger partial charge in [-0.25, -0.2) is 0 Å². The second-order valence-electron chi connectivity index (χ2n) is 9.00. The van der Waals surface area contributed by atoms with E-state index in [2.05, 4.69) is 45.2 Å². The van der Waals surface area contributed by atoms with E-state index < -0.39 is 0 Å². The highest BCUT2D eigenvalue weighted by Gasteiger charge is 2.45. The molecule has 1 amide bonds. The van der Waals surface area contributed by atoms with Crippen LogP contribution in [0, 0.1) is 5.41 Å². The second kappa shape index (κ2) is 8.41. The van der Waals surface area contributed by atoms with Crippen molar-refractivity contribution < 1.29 is 14.3 Å². The molecule has 2 saturated heterocycles. The molecule has 1 spiro atoms. The number of benzene rings is 2. The van der Waals surface area contributed by atoms with Crippen LogP contribution in [0.15, 0.2) is 48.7 Å². The Morgan fingerprint density at radius 1 is 0.969 bits per heavy atom. The molecule has 3 heterocycles. The van der Waals surface area contributed by atoms with Crippen LogP contribution in [0.5, 0.6) is 11.5 Å². The number of piperidine rings is 2. The van der Waals surface area contributed by atoms with Gasteiger partial charge < -0.3 is 24.3 Å². The number of hydrogen-bond donors (Lipinski definition) is 1. The smallest absolute Gasteiger partial charge is 0.229 e. The summed E-state index contributed by atoms with van der Waals surface area (Å²) < 4.78 is 10.8. The van der Waals surface area contributed by atoms with Crippen LogP contribution in [0.2, 0.25) is 0 Å². The van der Waals surface area contributed by atoms with Gasteiger partial charge in [0.1, 0.15) is 0 Å². The number of nitrogens with one attached hydrogen (secondary N) is 1. The first kappa shape index (κ1) is 20.7. The Bertz CT molecular complexity index is 1110. The molecule has 2 aliphatic rings. The number of carbonyl (C=O) groups excluding carboxylic acids is 1. The van der Waals surface area contributed by atoms with Crippen LogP contribution < -0.4 is 14.4 Å². The topological polar surface area (TPSA) is 57.8 Å². The third-order valence-corrected chi connectivity index (χ3v) is 7.31. The number of H-pyrrole nitrogens is 1. The van der Waals surface area contributed by atoms with Crippen LogP contribution in [-0.2, 0) is 11.3 Å². The Kier molecular flexibility index (Phi) is 5.45. The average molecular weight is 434 g/mol. The highest BCUT2D eigenvalue weighted by Crippen LogP contribution is 2.43. The number of likely N-dealkylation sites (tertiary alicyclic amines) is 1. The number of para-hydroxylation sites is 1. The number of fused-ring (bicyclic) bond motifs is 1. The number of carbonyl (C=O) groups is 1. The summed E-state index contributed by atoms with van der Waals surface area (Å²) in [5.74, 6) is 1.81. The lowest BCUT2D eigenvalue weighted by molar-refractivity contribution is -0.148. The lowest BCUT2D eigenvalue weighted by Gasteiger charge is -2.47. The van der Waals surface area contributed by atoms with Gasteiger partial charge in [0.2, 0.25) is 5.91 Å². The first-order chi connectivity index (χ1) is 15.6. The number of ether oxygens (including phenoxy) is 2. The molecule has 2 fully saturated rings. The molecule has 0 aliphatic carbocycles. The van der Waals surface area contributed by atoms with E-state index in [1.807, 2.05) is 18.2 Å². The summed E-state index contributed by atoms with van der Waals surface area (Å²) in [7, 11) is 3.31. The molecule has 1 N–H and O–H groups in total. The second-order valence-corrected chi connectivity index (χ2v) is 9.00. The number of amides is 1. The predicted octanol–water partition coefficient (Wildman–Crippen LogP) is 4.59. The molecule has 2 aliphatic heterocycles. The molecule has 0 bridgehead atoms. The third kappa shape index (κ3) is 3.57. The molecule has 0 saturated carbocycles. The van der Waals surface area contributed by atoms with Crippen LogP contribution in [0.3, 0.4) is 0 Å². The molecular weight excluding hydrogens is 402 g/mol. The summed E-state index contributed by atoms with van der Waals surface area (Å²) in [4.78, 5) is 21.4. The van der Waals surface area contributed by atoms with E-state index in [-0.39, 0.29) is 5.41 Å². The Morgan fingerprint density at radius 2 is 1.75 bits per heavy atom. The van der Waals surface area contributed by atoms with E-state index in [1.54, 1.807) is 14.2 Å². The van der Waals surface area contributed by atoms with Crippen molar-refractivity contribution >= 4 is 22.5 Å². The van der Waals surface area contributed by atoms with Gasteiger partial charge in [-0.15, -0.1) is 0 Å². The maximum Gasteiger partial charge on any atom is 0.229 e. The van der Waals surface area contributed by atoms with E-state index in [0.717, 1.165) is 68.0 Å². The maximum absolute atomic E-state index is 13.7. The Labute approximate surface area is 189 Å². The van der Waals surface area contributed by atoms with Crippen LogP contribution >= 0.6 is 0 Å². The molecule has 0 atom stereocenters. The summed E-state index contributed by atoms with van der Waals surface area (Å²) in [6.07, 6.45) is 5.91. The van der Waals surface area contributed by atoms with Crippen molar-refractivity contribution in [2.45, 2.75) is 32.2 Å². The van der Waals surface area contributed by atoms with Crippen LogP contribution in [0.1, 0.15) is 31.2 Å². The molecule has 0 radical (unpaired) electrons. The van der Waals surface area contributed by atoms with Crippen molar-refractivity contribution in [1.29, 1.82) is 0 Å². The number of nitrogens with zero attached hydrogens (tertiary/aromatic N) is 2. The molecule has 1 aromatic heterocycles. The Morgan fingerprint density at radius 3 is 2.53 bits per heavy atom. The summed E-state index contributed by atoms with van der Waals surface area (Å²) in [6.45, 7) is 3.29. The predicted molar refractivity (Wildman–Crippen MR) is 126 cm³/mol. The quantitative estimate of drug-likeness (QED) is 0.639. The molecule has 0 unspecified atom stereocenters. The standard InChI is InChI=1S/C26H31N3O3/c1-31-23-9-8-20(16-24(23)32-2)28-14-11-26(12-15-28)10-5-13-29(25(26)30)18-19-17-27-22-7-4-3-6-21(19)22/h3-4,6-9,16-17,27H,5,10-15,18H2,1-2H3. The van der Waals surface area contributed by atoms with Gasteiger partial charge >= 0.3 is 0 Å². The van der Waals surface area contributed by atoms with E-state index in [0.29, 0.717) is 12.5 Å². The minimum Gasteiger partial charge on any atom is -0.493 e. The molecule has 5 rings (SSSR count). The molecule has 168 valence electrons. The number of rotatable bonds is 5. The van der Waals surface area contributed by atoms with E-state index in [9.17, 15) is 4.79 Å². The minimum absolute atomic E-state index is 0.225. The normalized spacial score (nSPS) is 18.4. The van der Waals surface area contributed by atoms with Crippen molar-refractivity contribution in [1.82, 2.24) is 9.88 Å². The molecule has 6 heteroatoms. The van der Waals surface area contributed by atoms with E-state index >= 15 is 0 Å². The molecule has 6 nitrogen and oxygen atoms in total.